The van der Waals surface area contributed by atoms with Crippen LogP contribution in [0, 0.1) is 0 Å². The number of carbonyl (C=O) groups excluding carboxylic acids is 2. The van der Waals surface area contributed by atoms with E-state index in [0.717, 1.165) is 11.1 Å². The van der Waals surface area contributed by atoms with Crippen LogP contribution in [0.1, 0.15) is 45.2 Å². The van der Waals surface area contributed by atoms with Crippen LogP contribution >= 0.6 is 0 Å². The molecule has 0 N–H and O–H groups in total. The largest absolute Gasteiger partial charge is 0.492 e. The summed E-state index contributed by atoms with van der Waals surface area (Å²) in [5, 5.41) is 0. The summed E-state index contributed by atoms with van der Waals surface area (Å²) in [7, 11) is 0. The molecule has 1 heterocycles. The van der Waals surface area contributed by atoms with Gasteiger partial charge in [-0.1, -0.05) is 18.2 Å². The summed E-state index contributed by atoms with van der Waals surface area (Å²) in [5.41, 5.74) is 1.58. The highest BCUT2D eigenvalue weighted by atomic mass is 16.6. The van der Waals surface area contributed by atoms with E-state index in [1.165, 1.54) is 6.08 Å². The first kappa shape index (κ1) is 18.8. The van der Waals surface area contributed by atoms with Crippen LogP contribution in [0.15, 0.2) is 29.8 Å². The highest BCUT2D eigenvalue weighted by molar-refractivity contribution is 5.95. The number of benzene rings is 1. The normalized spacial score (nSPS) is 14.2. The first-order valence-electron chi connectivity index (χ1n) is 8.34. The molecule has 0 bridgehead atoms. The zero-order valence-corrected chi connectivity index (χ0v) is 15.1. The lowest BCUT2D eigenvalue weighted by Crippen LogP contribution is -2.22. The number of para-hydroxylation sites is 1. The highest BCUT2D eigenvalue weighted by Gasteiger charge is 2.18. The molecule has 0 aromatic heterocycles. The second-order valence-corrected chi connectivity index (χ2v) is 6.62. The predicted octanol–water partition coefficient (Wildman–Crippen LogP) is 3.77. The second kappa shape index (κ2) is 8.01. The van der Waals surface area contributed by atoms with Crippen molar-refractivity contribution in [3.8, 4) is 5.75 Å². The third-order valence-electron chi connectivity index (χ3n) is 3.37. The molecule has 0 atom stereocenters. The van der Waals surface area contributed by atoms with Crippen molar-refractivity contribution in [3.05, 3.63) is 41.0 Å². The summed E-state index contributed by atoms with van der Waals surface area (Å²) in [6, 6.07) is 5.56. The predicted molar refractivity (Wildman–Crippen MR) is 96.0 cm³/mol. The lowest BCUT2D eigenvalue weighted by molar-refractivity contribution is -0.148. The summed E-state index contributed by atoms with van der Waals surface area (Å²) in [6.07, 6.45) is 5.30. The Hall–Kier alpha value is -2.56. The maximum atomic E-state index is 12.0. The Morgan fingerprint density at radius 1 is 1.28 bits per heavy atom. The van der Waals surface area contributed by atoms with Gasteiger partial charge in [-0.05, 0) is 39.8 Å². The lowest BCUT2D eigenvalue weighted by atomic mass is 10.1. The van der Waals surface area contributed by atoms with Gasteiger partial charge in [0.2, 0.25) is 0 Å². The maximum Gasteiger partial charge on any atom is 0.334 e. The molecule has 0 aliphatic carbocycles. The molecule has 0 radical (unpaired) electrons. The second-order valence-electron chi connectivity index (χ2n) is 6.62. The van der Waals surface area contributed by atoms with E-state index in [4.69, 9.17) is 14.2 Å². The molecule has 1 aliphatic rings. The van der Waals surface area contributed by atoms with Crippen LogP contribution < -0.4 is 4.74 Å². The van der Waals surface area contributed by atoms with E-state index < -0.39 is 11.6 Å². The third kappa shape index (κ3) is 5.48. The van der Waals surface area contributed by atoms with Crippen molar-refractivity contribution in [3.63, 3.8) is 0 Å². The molecule has 1 aromatic rings. The minimum absolute atomic E-state index is 0.325. The van der Waals surface area contributed by atoms with Gasteiger partial charge in [0.05, 0.1) is 13.2 Å². The van der Waals surface area contributed by atoms with Crippen LogP contribution in [-0.2, 0) is 19.1 Å². The van der Waals surface area contributed by atoms with Crippen LogP contribution in [0.25, 0.3) is 12.2 Å². The zero-order valence-electron chi connectivity index (χ0n) is 15.1. The third-order valence-corrected chi connectivity index (χ3v) is 3.37. The Morgan fingerprint density at radius 2 is 2.04 bits per heavy atom. The van der Waals surface area contributed by atoms with Gasteiger partial charge in [0.1, 0.15) is 11.4 Å². The van der Waals surface area contributed by atoms with Crippen LogP contribution in [0.3, 0.4) is 0 Å². The molecular weight excluding hydrogens is 320 g/mol. The number of hydrogen-bond acceptors (Lipinski definition) is 5. The van der Waals surface area contributed by atoms with Crippen molar-refractivity contribution in [2.75, 3.05) is 13.2 Å². The Labute approximate surface area is 148 Å². The van der Waals surface area contributed by atoms with E-state index in [1.54, 1.807) is 19.1 Å². The molecule has 0 saturated heterocycles. The molecule has 1 aromatic carbocycles. The van der Waals surface area contributed by atoms with E-state index in [-0.39, 0.29) is 5.97 Å². The van der Waals surface area contributed by atoms with E-state index in [2.05, 4.69) is 0 Å². The molecule has 1 aliphatic heterocycles. The summed E-state index contributed by atoms with van der Waals surface area (Å²) in [4.78, 5) is 23.8. The van der Waals surface area contributed by atoms with Gasteiger partial charge in [0, 0.05) is 29.2 Å². The molecule has 0 unspecified atom stereocenters. The van der Waals surface area contributed by atoms with Gasteiger partial charge < -0.3 is 14.2 Å². The fourth-order valence-corrected chi connectivity index (χ4v) is 2.39. The summed E-state index contributed by atoms with van der Waals surface area (Å²) in [5.74, 6) is -0.100. The van der Waals surface area contributed by atoms with Gasteiger partial charge in [-0.3, -0.25) is 0 Å². The molecule has 5 nitrogen and oxygen atoms in total. The zero-order chi connectivity index (χ0) is 18.4. The fourth-order valence-electron chi connectivity index (χ4n) is 2.39. The first-order valence-corrected chi connectivity index (χ1v) is 8.34. The average molecular weight is 344 g/mol. The fraction of sp³-hybridized carbons (Fsp3) is 0.400. The molecule has 0 saturated carbocycles. The van der Waals surface area contributed by atoms with Gasteiger partial charge in [-0.25, -0.2) is 9.59 Å². The molecule has 0 amide bonds. The number of ether oxygens (including phenoxy) is 3. The van der Waals surface area contributed by atoms with Crippen molar-refractivity contribution >= 4 is 24.1 Å². The Bertz CT molecular complexity index is 707. The summed E-state index contributed by atoms with van der Waals surface area (Å²) >= 11 is 0. The Morgan fingerprint density at radius 3 is 2.72 bits per heavy atom. The minimum Gasteiger partial charge on any atom is -0.492 e. The maximum absolute atomic E-state index is 12.0. The number of esters is 2. The monoisotopic (exact) mass is 344 g/mol. The molecule has 2 rings (SSSR count). The molecule has 25 heavy (non-hydrogen) atoms. The van der Waals surface area contributed by atoms with Crippen LogP contribution in [0.2, 0.25) is 0 Å². The number of fused-ring (bicyclic) bond motifs is 1. The van der Waals surface area contributed by atoms with E-state index in [9.17, 15) is 9.59 Å². The SMILES string of the molecule is CCOC(=O)C1=Cc2cccc(/C=C/C(=O)OC(C)(C)C)c2OCC1. The van der Waals surface area contributed by atoms with Crippen molar-refractivity contribution in [2.45, 2.75) is 39.7 Å². The minimum atomic E-state index is -0.539. The highest BCUT2D eigenvalue weighted by Crippen LogP contribution is 2.31. The standard InChI is InChI=1S/C20H24O5/c1-5-23-19(22)16-11-12-24-18-14(7-6-8-15(18)13-16)9-10-17(21)25-20(2,3)4/h6-10,13H,5,11-12H2,1-4H3/b10-9+. The number of hydrogen-bond donors (Lipinski definition) is 0. The molecular formula is C20H24O5. The van der Waals surface area contributed by atoms with Crippen molar-refractivity contribution < 1.29 is 23.8 Å². The number of rotatable bonds is 4. The van der Waals surface area contributed by atoms with Gasteiger partial charge in [0.15, 0.2) is 0 Å². The van der Waals surface area contributed by atoms with Gasteiger partial charge in [-0.2, -0.15) is 0 Å². The van der Waals surface area contributed by atoms with Crippen molar-refractivity contribution in [2.24, 2.45) is 0 Å². The first-order chi connectivity index (χ1) is 11.8. The van der Waals surface area contributed by atoms with E-state index >= 15 is 0 Å². The van der Waals surface area contributed by atoms with E-state index in [1.807, 2.05) is 39.0 Å². The topological polar surface area (TPSA) is 61.8 Å². The summed E-state index contributed by atoms with van der Waals surface area (Å²) < 4.78 is 16.1. The van der Waals surface area contributed by atoms with Crippen molar-refractivity contribution in [1.82, 2.24) is 0 Å². The smallest absolute Gasteiger partial charge is 0.334 e. The van der Waals surface area contributed by atoms with E-state index in [0.29, 0.717) is 31.0 Å². The van der Waals surface area contributed by atoms with Crippen LogP contribution in [-0.4, -0.2) is 30.8 Å². The van der Waals surface area contributed by atoms with Crippen LogP contribution in [0.5, 0.6) is 5.75 Å². The van der Waals surface area contributed by atoms with Crippen LogP contribution in [0.4, 0.5) is 0 Å². The molecule has 134 valence electrons. The Balaban J connectivity index is 2.26. The summed E-state index contributed by atoms with van der Waals surface area (Å²) in [6.45, 7) is 7.94. The molecule has 5 heteroatoms. The Kier molecular flexibility index (Phi) is 6.02. The lowest BCUT2D eigenvalue weighted by Gasteiger charge is -2.18. The van der Waals surface area contributed by atoms with Gasteiger partial charge in [-0.15, -0.1) is 0 Å². The van der Waals surface area contributed by atoms with Gasteiger partial charge >= 0.3 is 11.9 Å². The quantitative estimate of drug-likeness (QED) is 0.614. The van der Waals surface area contributed by atoms with Crippen molar-refractivity contribution in [1.29, 1.82) is 0 Å². The average Bonchev–Trinajstić information content (AvgIpc) is 2.74. The van der Waals surface area contributed by atoms with Gasteiger partial charge in [0.25, 0.3) is 0 Å². The number of carbonyl (C=O) groups is 2. The molecule has 0 fully saturated rings. The molecule has 0 spiro atoms.